The van der Waals surface area contributed by atoms with Gasteiger partial charge in [-0.25, -0.2) is 15.0 Å². The van der Waals surface area contributed by atoms with Gasteiger partial charge in [0, 0.05) is 45.9 Å². The molecule has 0 unspecified atom stereocenters. The fourth-order valence-corrected chi connectivity index (χ4v) is 6.03. The van der Waals surface area contributed by atoms with Crippen LogP contribution in [0.3, 0.4) is 0 Å². The van der Waals surface area contributed by atoms with Crippen LogP contribution >= 0.6 is 0 Å². The van der Waals surface area contributed by atoms with E-state index in [0.717, 1.165) is 67.0 Å². The van der Waals surface area contributed by atoms with Crippen LogP contribution in [0.2, 0.25) is 0 Å². The van der Waals surface area contributed by atoms with Gasteiger partial charge in [0.2, 0.25) is 0 Å². The molecule has 5 heteroatoms. The SMILES string of the molecule is Cc1ncccc1-c1ccc(-c2cc(-c3ccc(-c4ccccn4)cc3)cc(-c3nc(-c4ccccc4)nc(-c4ccccc4)n3)c2)cc1. The van der Waals surface area contributed by atoms with E-state index >= 15 is 0 Å². The topological polar surface area (TPSA) is 64.5 Å². The number of benzene rings is 5. The van der Waals surface area contributed by atoms with Crippen molar-refractivity contribution in [2.24, 2.45) is 0 Å². The standard InChI is InChI=1S/C44H31N5/c1-30-40(15-10-26-45-30)33-21-17-31(18-22-33)37-27-38(32-19-23-34(24-20-32)41-16-8-9-25-46-41)29-39(28-37)44-48-42(35-11-4-2-5-12-35)47-43(49-44)36-13-6-3-7-14-36/h2-29H,1H3. The molecule has 8 aromatic rings. The van der Waals surface area contributed by atoms with Gasteiger partial charge in [-0.2, -0.15) is 0 Å². The van der Waals surface area contributed by atoms with E-state index in [1.165, 1.54) is 0 Å². The van der Waals surface area contributed by atoms with Gasteiger partial charge in [0.1, 0.15) is 0 Å². The molecular formula is C44H31N5. The van der Waals surface area contributed by atoms with Gasteiger partial charge in [0.05, 0.1) is 5.69 Å². The summed E-state index contributed by atoms with van der Waals surface area (Å²) in [7, 11) is 0. The molecule has 8 rings (SSSR count). The number of hydrogen-bond acceptors (Lipinski definition) is 5. The van der Waals surface area contributed by atoms with E-state index in [2.05, 4.69) is 82.8 Å². The van der Waals surface area contributed by atoms with Crippen LogP contribution in [0.5, 0.6) is 0 Å². The van der Waals surface area contributed by atoms with Crippen molar-refractivity contribution in [1.82, 2.24) is 24.9 Å². The molecule has 49 heavy (non-hydrogen) atoms. The summed E-state index contributed by atoms with van der Waals surface area (Å²) in [5.41, 5.74) is 12.4. The molecule has 0 aliphatic heterocycles. The number of aryl methyl sites for hydroxylation is 1. The minimum Gasteiger partial charge on any atom is -0.261 e. The predicted octanol–water partition coefficient (Wildman–Crippen LogP) is 10.6. The normalized spacial score (nSPS) is 11.0. The van der Waals surface area contributed by atoms with Gasteiger partial charge in [0.25, 0.3) is 0 Å². The van der Waals surface area contributed by atoms with Crippen molar-refractivity contribution in [1.29, 1.82) is 0 Å². The van der Waals surface area contributed by atoms with Gasteiger partial charge in [-0.1, -0.05) is 121 Å². The lowest BCUT2D eigenvalue weighted by molar-refractivity contribution is 1.07. The first-order chi connectivity index (χ1) is 24.2. The Labute approximate surface area is 285 Å². The molecule has 0 aliphatic rings. The quantitative estimate of drug-likeness (QED) is 0.175. The minimum absolute atomic E-state index is 0.614. The number of nitrogens with zero attached hydrogens (tertiary/aromatic N) is 5. The number of rotatable bonds is 7. The molecule has 232 valence electrons. The Morgan fingerprint density at radius 3 is 1.33 bits per heavy atom. The average Bonchev–Trinajstić information content (AvgIpc) is 3.19. The van der Waals surface area contributed by atoms with Crippen LogP contribution < -0.4 is 0 Å². The van der Waals surface area contributed by atoms with E-state index < -0.39 is 0 Å². The van der Waals surface area contributed by atoms with E-state index in [1.54, 1.807) is 0 Å². The molecule has 0 radical (unpaired) electrons. The number of pyridine rings is 2. The van der Waals surface area contributed by atoms with Gasteiger partial charge in [0.15, 0.2) is 17.5 Å². The summed E-state index contributed by atoms with van der Waals surface area (Å²) in [5.74, 6) is 1.88. The Kier molecular flexibility index (Phi) is 8.06. The average molecular weight is 630 g/mol. The van der Waals surface area contributed by atoms with Crippen LogP contribution in [0.15, 0.2) is 170 Å². The minimum atomic E-state index is 0.614. The second-order valence-corrected chi connectivity index (χ2v) is 11.8. The molecule has 0 atom stereocenters. The lowest BCUT2D eigenvalue weighted by Gasteiger charge is -2.13. The Hall–Kier alpha value is -6.59. The molecule has 0 bridgehead atoms. The molecule has 0 amide bonds. The molecule has 0 saturated heterocycles. The summed E-state index contributed by atoms with van der Waals surface area (Å²) < 4.78 is 0. The summed E-state index contributed by atoms with van der Waals surface area (Å²) in [6.45, 7) is 2.04. The summed E-state index contributed by atoms with van der Waals surface area (Å²) >= 11 is 0. The smallest absolute Gasteiger partial charge is 0.164 e. The molecule has 5 aromatic carbocycles. The van der Waals surface area contributed by atoms with Gasteiger partial charge >= 0.3 is 0 Å². The molecule has 0 fully saturated rings. The highest BCUT2D eigenvalue weighted by Crippen LogP contribution is 2.35. The molecule has 0 spiro atoms. The number of hydrogen-bond donors (Lipinski definition) is 0. The largest absolute Gasteiger partial charge is 0.261 e. The van der Waals surface area contributed by atoms with E-state index in [0.29, 0.717) is 17.5 Å². The third-order valence-corrected chi connectivity index (χ3v) is 8.61. The van der Waals surface area contributed by atoms with Crippen molar-refractivity contribution in [2.75, 3.05) is 0 Å². The van der Waals surface area contributed by atoms with E-state index in [1.807, 2.05) is 104 Å². The predicted molar refractivity (Wildman–Crippen MR) is 198 cm³/mol. The Morgan fingerprint density at radius 2 is 0.796 bits per heavy atom. The highest BCUT2D eigenvalue weighted by molar-refractivity contribution is 5.82. The molecule has 3 heterocycles. The second kappa shape index (κ2) is 13.3. The third-order valence-electron chi connectivity index (χ3n) is 8.61. The summed E-state index contributed by atoms with van der Waals surface area (Å²) in [6, 6.07) is 54.0. The first kappa shape index (κ1) is 29.8. The molecule has 0 saturated carbocycles. The van der Waals surface area contributed by atoms with Crippen molar-refractivity contribution in [3.05, 3.63) is 176 Å². The summed E-state index contributed by atoms with van der Waals surface area (Å²) in [4.78, 5) is 24.0. The molecule has 3 aromatic heterocycles. The zero-order valence-corrected chi connectivity index (χ0v) is 26.9. The molecule has 5 nitrogen and oxygen atoms in total. The highest BCUT2D eigenvalue weighted by atomic mass is 15.0. The highest BCUT2D eigenvalue weighted by Gasteiger charge is 2.15. The molecular weight excluding hydrogens is 599 g/mol. The Morgan fingerprint density at radius 1 is 0.327 bits per heavy atom. The van der Waals surface area contributed by atoms with Crippen molar-refractivity contribution in [2.45, 2.75) is 6.92 Å². The third kappa shape index (κ3) is 6.38. The van der Waals surface area contributed by atoms with Crippen molar-refractivity contribution < 1.29 is 0 Å². The monoisotopic (exact) mass is 629 g/mol. The van der Waals surface area contributed by atoms with E-state index in [4.69, 9.17) is 15.0 Å². The van der Waals surface area contributed by atoms with Crippen molar-refractivity contribution in [3.63, 3.8) is 0 Å². The first-order valence-corrected chi connectivity index (χ1v) is 16.2. The lowest BCUT2D eigenvalue weighted by Crippen LogP contribution is -2.00. The van der Waals surface area contributed by atoms with Gasteiger partial charge in [-0.15, -0.1) is 0 Å². The lowest BCUT2D eigenvalue weighted by atomic mass is 9.94. The fraction of sp³-hybridized carbons (Fsp3) is 0.0227. The van der Waals surface area contributed by atoms with Crippen LogP contribution in [0.25, 0.3) is 78.8 Å². The summed E-state index contributed by atoms with van der Waals surface area (Å²) in [6.07, 6.45) is 3.65. The zero-order valence-electron chi connectivity index (χ0n) is 26.9. The molecule has 0 aliphatic carbocycles. The van der Waals surface area contributed by atoms with Crippen molar-refractivity contribution in [3.8, 4) is 78.8 Å². The summed E-state index contributed by atoms with van der Waals surface area (Å²) in [5, 5.41) is 0. The maximum Gasteiger partial charge on any atom is 0.164 e. The van der Waals surface area contributed by atoms with Crippen LogP contribution in [-0.4, -0.2) is 24.9 Å². The van der Waals surface area contributed by atoms with E-state index in [9.17, 15) is 0 Å². The number of aromatic nitrogens is 5. The van der Waals surface area contributed by atoms with Gasteiger partial charge < -0.3 is 0 Å². The Balaban J connectivity index is 1.28. The van der Waals surface area contributed by atoms with Crippen LogP contribution in [0.1, 0.15) is 5.69 Å². The maximum atomic E-state index is 5.05. The zero-order chi connectivity index (χ0) is 33.0. The van der Waals surface area contributed by atoms with Gasteiger partial charge in [-0.3, -0.25) is 9.97 Å². The first-order valence-electron chi connectivity index (χ1n) is 16.2. The van der Waals surface area contributed by atoms with Crippen LogP contribution in [-0.2, 0) is 0 Å². The van der Waals surface area contributed by atoms with Crippen LogP contribution in [0, 0.1) is 6.92 Å². The fourth-order valence-electron chi connectivity index (χ4n) is 6.03. The van der Waals surface area contributed by atoms with Crippen LogP contribution in [0.4, 0.5) is 0 Å². The molecule has 0 N–H and O–H groups in total. The Bertz CT molecular complexity index is 2300. The van der Waals surface area contributed by atoms with Gasteiger partial charge in [-0.05, 0) is 71.1 Å². The van der Waals surface area contributed by atoms with E-state index in [-0.39, 0.29) is 0 Å². The second-order valence-electron chi connectivity index (χ2n) is 11.8. The van der Waals surface area contributed by atoms with Crippen molar-refractivity contribution >= 4 is 0 Å². The maximum absolute atomic E-state index is 5.05.